The van der Waals surface area contributed by atoms with Crippen LogP contribution in [0.1, 0.15) is 99.1 Å². The quantitative estimate of drug-likeness (QED) is 0.164. The zero-order valence-electron chi connectivity index (χ0n) is 44.0. The van der Waals surface area contributed by atoms with E-state index in [4.69, 9.17) is 37.9 Å². The number of para-hydroxylation sites is 1. The van der Waals surface area contributed by atoms with Crippen molar-refractivity contribution >= 4 is 28.7 Å². The lowest BCUT2D eigenvalue weighted by Crippen LogP contribution is -2.62. The van der Waals surface area contributed by atoms with E-state index in [9.17, 15) is 15.0 Å². The molecule has 17 nitrogen and oxygen atoms in total. The number of amides is 1. The first-order valence-electron chi connectivity index (χ1n) is 25.4. The fraction of sp³-hybridized carbons (Fsp3) is 0.685. The first-order chi connectivity index (χ1) is 33.6. The number of ether oxygens (including phenoxy) is 8. The number of carbonyl (C=O) groups is 3. The minimum absolute atomic E-state index is 0.120. The molecule has 5 heterocycles. The number of benzene rings is 2. The number of carbonyl (C=O) groups excluding carboxylic acids is 3. The number of methoxy groups -OCH3 is 2. The van der Waals surface area contributed by atoms with E-state index in [0.29, 0.717) is 19.6 Å². The predicted octanol–water partition coefficient (Wildman–Crippen LogP) is 6.23. The van der Waals surface area contributed by atoms with Crippen molar-refractivity contribution in [3.63, 3.8) is 0 Å². The van der Waals surface area contributed by atoms with Gasteiger partial charge in [-0.3, -0.25) is 9.59 Å². The largest absolute Gasteiger partial charge is 0.458 e. The van der Waals surface area contributed by atoms with Crippen molar-refractivity contribution in [2.24, 2.45) is 23.7 Å². The monoisotopic (exact) mass is 993 g/mol. The lowest BCUT2D eigenvalue weighted by molar-refractivity contribution is -0.314. The van der Waals surface area contributed by atoms with E-state index in [-0.39, 0.29) is 37.6 Å². The fourth-order valence-electron chi connectivity index (χ4n) is 12.0. The Bertz CT molecular complexity index is 2300. The van der Waals surface area contributed by atoms with Crippen molar-refractivity contribution in [1.29, 1.82) is 0 Å². The first-order valence-corrected chi connectivity index (χ1v) is 25.4. The van der Waals surface area contributed by atoms with Gasteiger partial charge in [0.05, 0.1) is 42.0 Å². The molecule has 1 aromatic heterocycles. The van der Waals surface area contributed by atoms with Crippen molar-refractivity contribution in [3.05, 3.63) is 71.9 Å². The highest BCUT2D eigenvalue weighted by molar-refractivity contribution is 5.86. The maximum atomic E-state index is 15.2. The smallest absolute Gasteiger partial charge is 0.425 e. The van der Waals surface area contributed by atoms with Crippen LogP contribution in [-0.2, 0) is 60.6 Å². The number of fused-ring (bicyclic) bond motifs is 2. The number of hydrogen-bond acceptors (Lipinski definition) is 15. The molecule has 3 N–H and O–H groups in total. The number of cyclic esters (lactones) is 1. The van der Waals surface area contributed by atoms with E-state index >= 15 is 9.59 Å². The Hall–Kier alpha value is -4.01. The lowest BCUT2D eigenvalue weighted by atomic mass is 9.73. The Balaban J connectivity index is 1.28. The molecule has 71 heavy (non-hydrogen) atoms. The molecule has 394 valence electrons. The van der Waals surface area contributed by atoms with Gasteiger partial charge in [0.2, 0.25) is 0 Å². The van der Waals surface area contributed by atoms with Gasteiger partial charge in [-0.05, 0) is 85.2 Å². The summed E-state index contributed by atoms with van der Waals surface area (Å²) in [5, 5.41) is 25.3. The average molecular weight is 993 g/mol. The second-order valence-corrected chi connectivity index (χ2v) is 21.4. The summed E-state index contributed by atoms with van der Waals surface area (Å²) < 4.78 is 53.7. The van der Waals surface area contributed by atoms with Crippen LogP contribution in [-0.4, -0.2) is 156 Å². The summed E-state index contributed by atoms with van der Waals surface area (Å²) in [5.74, 6) is -4.11. The number of rotatable bonds is 13. The Kier molecular flexibility index (Phi) is 17.1. The van der Waals surface area contributed by atoms with Crippen molar-refractivity contribution in [2.45, 2.75) is 179 Å². The second-order valence-electron chi connectivity index (χ2n) is 21.4. The minimum atomic E-state index is -1.51. The summed E-state index contributed by atoms with van der Waals surface area (Å²) in [6, 6.07) is 17.0. The Labute approximate surface area is 419 Å². The van der Waals surface area contributed by atoms with Crippen LogP contribution >= 0.6 is 0 Å². The molecule has 0 aliphatic carbocycles. The number of hydrogen-bond donors (Lipinski definition) is 3. The van der Waals surface area contributed by atoms with Gasteiger partial charge in [-0.15, -0.1) is 0 Å². The number of nitrogens with one attached hydrogen (secondary N) is 1. The zero-order chi connectivity index (χ0) is 51.7. The number of aromatic nitrogens is 1. The van der Waals surface area contributed by atoms with Crippen LogP contribution in [0.4, 0.5) is 4.79 Å². The third-order valence-electron chi connectivity index (χ3n) is 16.3. The maximum Gasteiger partial charge on any atom is 0.425 e. The van der Waals surface area contributed by atoms with E-state index in [2.05, 4.69) is 34.4 Å². The van der Waals surface area contributed by atoms with Crippen LogP contribution in [0.15, 0.2) is 60.8 Å². The van der Waals surface area contributed by atoms with Gasteiger partial charge in [-0.2, -0.15) is 0 Å². The van der Waals surface area contributed by atoms with E-state index in [1.807, 2.05) is 83.1 Å². The van der Waals surface area contributed by atoms with Gasteiger partial charge in [0.1, 0.15) is 30.1 Å². The number of aliphatic hydroxyl groups excluding tert-OH is 2. The zero-order valence-corrected chi connectivity index (χ0v) is 44.0. The summed E-state index contributed by atoms with van der Waals surface area (Å²) in [7, 11) is 6.85. The Morgan fingerprint density at radius 2 is 1.55 bits per heavy atom. The number of ketones is 1. The van der Waals surface area contributed by atoms with Gasteiger partial charge in [0.15, 0.2) is 18.2 Å². The highest BCUT2D eigenvalue weighted by Gasteiger charge is 2.61. The molecular weight excluding hydrogens is 913 g/mol. The highest BCUT2D eigenvalue weighted by Crippen LogP contribution is 2.44. The van der Waals surface area contributed by atoms with Crippen molar-refractivity contribution < 1.29 is 62.5 Å². The molecule has 2 aromatic carbocycles. The molecular formula is C54H80N4O13. The molecule has 7 rings (SSSR count). The molecule has 1 unspecified atom stereocenters. The normalized spacial score (nSPS) is 38.8. The SMILES string of the molecule is CC[C@H]1OC(=O)[C@H](C)[C@@H](OC2C[C@@](C)(OC)[C@@H](O)[C@H](C)O2)[C@H](C)[C@@H](O[C@@H]2OCC[C@H](N(C)C)[C@H]2O)[C@](C)(OC)C[C@@H](C)C(=O)[C@H](C)[C@@H]2N(NCc3cn(Cc4ccccc4)c4ccccc34)C(=O)O[C@@]21C. The van der Waals surface area contributed by atoms with Crippen LogP contribution < -0.4 is 5.43 Å². The molecule has 4 aliphatic heterocycles. The van der Waals surface area contributed by atoms with Crippen molar-refractivity contribution in [2.75, 3.05) is 34.9 Å². The van der Waals surface area contributed by atoms with Crippen molar-refractivity contribution in [1.82, 2.24) is 19.9 Å². The molecule has 3 aromatic rings. The van der Waals surface area contributed by atoms with E-state index < -0.39 is 108 Å². The van der Waals surface area contributed by atoms with Gasteiger partial charge in [0.25, 0.3) is 0 Å². The molecule has 0 radical (unpaired) electrons. The Morgan fingerprint density at radius 1 is 0.873 bits per heavy atom. The van der Waals surface area contributed by atoms with Gasteiger partial charge in [-0.1, -0.05) is 76.2 Å². The molecule has 4 aliphatic rings. The van der Waals surface area contributed by atoms with E-state index in [1.54, 1.807) is 41.7 Å². The maximum absolute atomic E-state index is 15.2. The summed E-state index contributed by atoms with van der Waals surface area (Å²) in [4.78, 5) is 46.6. The molecule has 0 spiro atoms. The van der Waals surface area contributed by atoms with Crippen LogP contribution in [0, 0.1) is 23.7 Å². The third kappa shape index (κ3) is 11.0. The lowest BCUT2D eigenvalue weighted by Gasteiger charge is -2.49. The molecule has 17 atom stereocenters. The van der Waals surface area contributed by atoms with Crippen LogP contribution in [0.2, 0.25) is 0 Å². The van der Waals surface area contributed by atoms with Crippen LogP contribution in [0.3, 0.4) is 0 Å². The molecule has 1 amide bonds. The number of esters is 1. The van der Waals surface area contributed by atoms with E-state index in [1.165, 1.54) is 12.1 Å². The van der Waals surface area contributed by atoms with Crippen LogP contribution in [0.5, 0.6) is 0 Å². The number of Topliss-reactive ketones (excluding diaryl/α,β-unsaturated/α-hetero) is 1. The van der Waals surface area contributed by atoms with Gasteiger partial charge < -0.3 is 57.6 Å². The number of aliphatic hydroxyl groups is 2. The summed E-state index contributed by atoms with van der Waals surface area (Å²) in [6.45, 7) is 17.4. The van der Waals surface area contributed by atoms with E-state index in [0.717, 1.165) is 22.0 Å². The van der Waals surface area contributed by atoms with Crippen molar-refractivity contribution in [3.8, 4) is 0 Å². The molecule has 4 saturated heterocycles. The number of likely N-dealkylation sites (N-methyl/N-ethyl adjacent to an activating group) is 1. The first kappa shape index (κ1) is 54.8. The highest BCUT2D eigenvalue weighted by atomic mass is 16.7. The van der Waals surface area contributed by atoms with Gasteiger partial charge >= 0.3 is 12.1 Å². The molecule has 0 saturated carbocycles. The Morgan fingerprint density at radius 3 is 2.21 bits per heavy atom. The topological polar surface area (TPSA) is 189 Å². The van der Waals surface area contributed by atoms with Gasteiger partial charge in [0, 0.05) is 74.6 Å². The third-order valence-corrected chi connectivity index (χ3v) is 16.3. The standard InChI is InChI=1S/C54H80N4O13/c1-14-41-54(9)46(58(51(63)71-54)55-28-37-30-57(29-36-20-16-15-17-21-36)39-23-19-18-22-38(37)39)32(3)43(59)31(2)26-53(8,65-13)48(70-50-44(60)40(56(10)11)24-25-66-50)33(4)45(34(5)49(62)68-41)69-42-27-52(7,64-12)47(61)35(6)67-42/h15-23,30-35,40-42,44-48,50,55,60-61H,14,24-29H2,1-13H3/t31-,32+,33+,34-,35+,40+,41-,42?,44-,45+,46+,47+,48-,50+,52-,53-,54-/m1/s1. The summed E-state index contributed by atoms with van der Waals surface area (Å²) in [5.41, 5.74) is 2.64. The molecule has 17 heteroatoms. The summed E-state index contributed by atoms with van der Waals surface area (Å²) >= 11 is 0. The van der Waals surface area contributed by atoms with Crippen LogP contribution in [0.25, 0.3) is 10.9 Å². The second kappa shape index (κ2) is 22.2. The summed E-state index contributed by atoms with van der Waals surface area (Å²) in [6.07, 6.45) is -5.39. The number of nitrogens with zero attached hydrogens (tertiary/aromatic N) is 3. The molecule has 0 bridgehead atoms. The molecule has 4 fully saturated rings. The van der Waals surface area contributed by atoms with Gasteiger partial charge in [-0.25, -0.2) is 15.2 Å². The minimum Gasteiger partial charge on any atom is -0.458 e. The fourth-order valence-corrected chi connectivity index (χ4v) is 12.0. The predicted molar refractivity (Wildman–Crippen MR) is 265 cm³/mol. The average Bonchev–Trinajstić information content (AvgIpc) is 3.83. The number of hydrazine groups is 1.